The average molecular weight is 336 g/mol. The standard InChI is InChI=1S/C20H20N2O3/c1-2-25-17-6-3-13(4-7-17)20(24)21-16-11-14-5-8-18(23)22-10-9-15(12-16)19(14)22/h3-4,6-7,11-12H,2,5,8-10H2,1H3,(H,21,24). The highest BCUT2D eigenvalue weighted by Gasteiger charge is 2.31. The molecule has 4 rings (SSSR count). The first-order valence-corrected chi connectivity index (χ1v) is 8.66. The molecule has 0 saturated heterocycles. The molecule has 5 heteroatoms. The molecule has 2 aliphatic heterocycles. The number of carbonyl (C=O) groups excluding carboxylic acids is 2. The van der Waals surface area contributed by atoms with Crippen molar-refractivity contribution in [1.29, 1.82) is 0 Å². The summed E-state index contributed by atoms with van der Waals surface area (Å²) in [5.41, 5.74) is 4.75. The molecule has 5 nitrogen and oxygen atoms in total. The van der Waals surface area contributed by atoms with E-state index < -0.39 is 0 Å². The van der Waals surface area contributed by atoms with Crippen molar-refractivity contribution in [2.24, 2.45) is 0 Å². The van der Waals surface area contributed by atoms with E-state index in [1.807, 2.05) is 24.0 Å². The zero-order chi connectivity index (χ0) is 17.4. The number of ether oxygens (including phenoxy) is 1. The summed E-state index contributed by atoms with van der Waals surface area (Å²) >= 11 is 0. The maximum Gasteiger partial charge on any atom is 0.255 e. The number of hydrogen-bond acceptors (Lipinski definition) is 3. The SMILES string of the molecule is CCOc1ccc(C(=O)Nc2cc3c4c(c2)CCN4C(=O)CC3)cc1. The van der Waals surface area contributed by atoms with Crippen molar-refractivity contribution in [3.05, 3.63) is 53.1 Å². The zero-order valence-corrected chi connectivity index (χ0v) is 14.2. The van der Waals surface area contributed by atoms with Gasteiger partial charge in [-0.2, -0.15) is 0 Å². The van der Waals surface area contributed by atoms with Gasteiger partial charge in [0.15, 0.2) is 0 Å². The number of carbonyl (C=O) groups is 2. The first kappa shape index (κ1) is 15.7. The largest absolute Gasteiger partial charge is 0.494 e. The number of nitrogens with one attached hydrogen (secondary N) is 1. The molecule has 2 aliphatic rings. The van der Waals surface area contributed by atoms with Crippen LogP contribution < -0.4 is 15.0 Å². The second-order valence-corrected chi connectivity index (χ2v) is 6.35. The number of rotatable bonds is 4. The fraction of sp³-hybridized carbons (Fsp3) is 0.300. The van der Waals surface area contributed by atoms with E-state index in [2.05, 4.69) is 5.32 Å². The minimum Gasteiger partial charge on any atom is -0.494 e. The molecule has 2 heterocycles. The highest BCUT2D eigenvalue weighted by atomic mass is 16.5. The fourth-order valence-corrected chi connectivity index (χ4v) is 3.60. The monoisotopic (exact) mass is 336 g/mol. The van der Waals surface area contributed by atoms with Crippen LogP contribution in [0.3, 0.4) is 0 Å². The van der Waals surface area contributed by atoms with Crippen molar-refractivity contribution in [3.63, 3.8) is 0 Å². The van der Waals surface area contributed by atoms with E-state index in [-0.39, 0.29) is 11.8 Å². The predicted molar refractivity (Wildman–Crippen MR) is 96.4 cm³/mol. The Morgan fingerprint density at radius 1 is 1.12 bits per heavy atom. The molecule has 2 amide bonds. The Bertz CT molecular complexity index is 843. The van der Waals surface area contributed by atoms with Gasteiger partial charge in [-0.1, -0.05) is 0 Å². The Kier molecular flexibility index (Phi) is 3.92. The summed E-state index contributed by atoms with van der Waals surface area (Å²) in [7, 11) is 0. The molecular weight excluding hydrogens is 316 g/mol. The maximum absolute atomic E-state index is 12.5. The van der Waals surface area contributed by atoms with E-state index >= 15 is 0 Å². The van der Waals surface area contributed by atoms with Crippen molar-refractivity contribution >= 4 is 23.2 Å². The first-order valence-electron chi connectivity index (χ1n) is 8.66. The maximum atomic E-state index is 12.5. The molecule has 0 aromatic heterocycles. The number of amides is 2. The van der Waals surface area contributed by atoms with Crippen molar-refractivity contribution in [2.75, 3.05) is 23.4 Å². The summed E-state index contributed by atoms with van der Waals surface area (Å²) in [5.74, 6) is 0.820. The molecule has 0 spiro atoms. The summed E-state index contributed by atoms with van der Waals surface area (Å²) in [5, 5.41) is 2.98. The molecule has 128 valence electrons. The third-order valence-corrected chi connectivity index (χ3v) is 4.74. The molecule has 1 N–H and O–H groups in total. The van der Waals surface area contributed by atoms with Crippen LogP contribution in [0.4, 0.5) is 11.4 Å². The van der Waals surface area contributed by atoms with Gasteiger partial charge in [0.1, 0.15) is 5.75 Å². The normalized spacial score (nSPS) is 15.1. The Labute approximate surface area is 146 Å². The minimum absolute atomic E-state index is 0.142. The van der Waals surface area contributed by atoms with Crippen LogP contribution in [0.15, 0.2) is 36.4 Å². The van der Waals surface area contributed by atoms with Crippen LogP contribution in [0.25, 0.3) is 0 Å². The van der Waals surface area contributed by atoms with Gasteiger partial charge in [0.2, 0.25) is 5.91 Å². The molecule has 0 radical (unpaired) electrons. The molecule has 2 aromatic carbocycles. The summed E-state index contributed by atoms with van der Waals surface area (Å²) in [6.07, 6.45) is 2.13. The van der Waals surface area contributed by atoms with E-state index in [0.717, 1.165) is 47.6 Å². The topological polar surface area (TPSA) is 58.6 Å². The summed E-state index contributed by atoms with van der Waals surface area (Å²) in [6, 6.07) is 11.1. The lowest BCUT2D eigenvalue weighted by Crippen LogP contribution is -2.32. The molecule has 0 atom stereocenters. The molecule has 2 aromatic rings. The van der Waals surface area contributed by atoms with Crippen LogP contribution in [-0.4, -0.2) is 25.0 Å². The minimum atomic E-state index is -0.142. The Morgan fingerprint density at radius 2 is 1.84 bits per heavy atom. The van der Waals surface area contributed by atoms with Crippen LogP contribution in [0.1, 0.15) is 34.8 Å². The van der Waals surface area contributed by atoms with Crippen molar-refractivity contribution < 1.29 is 14.3 Å². The molecular formula is C20H20N2O3. The molecule has 0 bridgehead atoms. The Balaban J connectivity index is 1.55. The number of nitrogens with zero attached hydrogens (tertiary/aromatic N) is 1. The molecule has 0 unspecified atom stereocenters. The van der Waals surface area contributed by atoms with Crippen LogP contribution >= 0.6 is 0 Å². The average Bonchev–Trinajstić information content (AvgIpc) is 3.04. The van der Waals surface area contributed by atoms with E-state index in [1.54, 1.807) is 24.3 Å². The molecule has 0 fully saturated rings. The van der Waals surface area contributed by atoms with Crippen LogP contribution in [0.5, 0.6) is 5.75 Å². The highest BCUT2D eigenvalue weighted by molar-refractivity contribution is 6.05. The third-order valence-electron chi connectivity index (χ3n) is 4.74. The highest BCUT2D eigenvalue weighted by Crippen LogP contribution is 2.38. The molecule has 0 saturated carbocycles. The summed E-state index contributed by atoms with van der Waals surface area (Å²) in [6.45, 7) is 3.27. The van der Waals surface area contributed by atoms with Gasteiger partial charge in [-0.15, -0.1) is 0 Å². The van der Waals surface area contributed by atoms with Crippen molar-refractivity contribution in [2.45, 2.75) is 26.2 Å². The summed E-state index contributed by atoms with van der Waals surface area (Å²) < 4.78 is 5.40. The Morgan fingerprint density at radius 3 is 2.56 bits per heavy atom. The predicted octanol–water partition coefficient (Wildman–Crippen LogP) is 3.17. The van der Waals surface area contributed by atoms with Gasteiger partial charge in [0.25, 0.3) is 5.91 Å². The summed E-state index contributed by atoms with van der Waals surface area (Å²) in [4.78, 5) is 26.4. The van der Waals surface area contributed by atoms with Gasteiger partial charge in [-0.05, 0) is 67.3 Å². The van der Waals surface area contributed by atoms with Crippen LogP contribution in [-0.2, 0) is 17.6 Å². The van der Waals surface area contributed by atoms with Crippen LogP contribution in [0, 0.1) is 0 Å². The van der Waals surface area contributed by atoms with Gasteiger partial charge < -0.3 is 15.0 Å². The molecule has 25 heavy (non-hydrogen) atoms. The number of anilines is 2. The smallest absolute Gasteiger partial charge is 0.255 e. The molecule has 0 aliphatic carbocycles. The van der Waals surface area contributed by atoms with Crippen LogP contribution in [0.2, 0.25) is 0 Å². The quantitative estimate of drug-likeness (QED) is 0.933. The number of hydrogen-bond donors (Lipinski definition) is 1. The lowest BCUT2D eigenvalue weighted by atomic mass is 9.98. The van der Waals surface area contributed by atoms with E-state index in [4.69, 9.17) is 4.74 Å². The van der Waals surface area contributed by atoms with Gasteiger partial charge in [0, 0.05) is 24.2 Å². The fourth-order valence-electron chi connectivity index (χ4n) is 3.60. The van der Waals surface area contributed by atoms with Crippen molar-refractivity contribution in [3.8, 4) is 5.75 Å². The van der Waals surface area contributed by atoms with Gasteiger partial charge in [-0.3, -0.25) is 9.59 Å². The van der Waals surface area contributed by atoms with E-state index in [0.29, 0.717) is 18.6 Å². The first-order chi connectivity index (χ1) is 12.2. The second kappa shape index (κ2) is 6.24. The second-order valence-electron chi connectivity index (χ2n) is 6.35. The van der Waals surface area contributed by atoms with Crippen molar-refractivity contribution in [1.82, 2.24) is 0 Å². The lowest BCUT2D eigenvalue weighted by Gasteiger charge is -2.25. The Hall–Kier alpha value is -2.82. The van der Waals surface area contributed by atoms with Gasteiger partial charge in [-0.25, -0.2) is 0 Å². The van der Waals surface area contributed by atoms with E-state index in [9.17, 15) is 9.59 Å². The zero-order valence-electron chi connectivity index (χ0n) is 14.2. The van der Waals surface area contributed by atoms with E-state index in [1.165, 1.54) is 0 Å². The number of aryl methyl sites for hydroxylation is 1. The third kappa shape index (κ3) is 2.86. The van der Waals surface area contributed by atoms with Gasteiger partial charge in [0.05, 0.1) is 12.3 Å². The lowest BCUT2D eigenvalue weighted by molar-refractivity contribution is -0.118. The number of benzene rings is 2. The van der Waals surface area contributed by atoms with Gasteiger partial charge >= 0.3 is 0 Å².